The molecule has 0 aromatic rings. The monoisotopic (exact) mass is 265 g/mol. The van der Waals surface area contributed by atoms with Crippen LogP contribution in [0.4, 0.5) is 0 Å². The van der Waals surface area contributed by atoms with Crippen molar-refractivity contribution in [2.75, 3.05) is 0 Å². The smallest absolute Gasteiger partial charge is 0.00696 e. The second-order valence-electron chi connectivity index (χ2n) is 6.96. The Kier molecular flexibility index (Phi) is 7.92. The maximum atomic E-state index is 3.86. The minimum atomic E-state index is 0.872. The van der Waals surface area contributed by atoms with Crippen molar-refractivity contribution in [2.24, 2.45) is 0 Å². The van der Waals surface area contributed by atoms with E-state index < -0.39 is 0 Å². The zero-order valence-electron chi connectivity index (χ0n) is 13.0. The highest BCUT2D eigenvalue weighted by atomic mass is 14.9. The molecule has 0 heterocycles. The molecule has 0 aromatic heterocycles. The molecule has 0 aliphatic heterocycles. The predicted octanol–water partition coefficient (Wildman–Crippen LogP) is 5.58. The molecule has 0 saturated heterocycles. The van der Waals surface area contributed by atoms with Crippen molar-refractivity contribution >= 4 is 0 Å². The normalized spacial score (nSPS) is 26.5. The highest BCUT2D eigenvalue weighted by Gasteiger charge is 2.19. The van der Waals surface area contributed by atoms with Gasteiger partial charge in [0, 0.05) is 12.1 Å². The van der Waals surface area contributed by atoms with Gasteiger partial charge >= 0.3 is 0 Å². The first-order valence-electron chi connectivity index (χ1n) is 9.21. The lowest BCUT2D eigenvalue weighted by Gasteiger charge is -2.30. The molecule has 1 N–H and O–H groups in total. The second-order valence-corrected chi connectivity index (χ2v) is 6.96. The van der Waals surface area contributed by atoms with E-state index in [9.17, 15) is 0 Å². The van der Waals surface area contributed by atoms with Gasteiger partial charge in [-0.25, -0.2) is 0 Å². The maximum Gasteiger partial charge on any atom is 0.00696 e. The van der Waals surface area contributed by atoms with Gasteiger partial charge in [0.15, 0.2) is 0 Å². The van der Waals surface area contributed by atoms with Gasteiger partial charge in [-0.2, -0.15) is 0 Å². The van der Waals surface area contributed by atoms with E-state index in [4.69, 9.17) is 0 Å². The fraction of sp³-hybridized carbons (Fsp3) is 1.00. The van der Waals surface area contributed by atoms with Crippen LogP contribution in [0.25, 0.3) is 0 Å². The van der Waals surface area contributed by atoms with Gasteiger partial charge in [-0.1, -0.05) is 77.0 Å². The topological polar surface area (TPSA) is 12.0 Å². The first-order chi connectivity index (χ1) is 9.45. The van der Waals surface area contributed by atoms with E-state index in [1.54, 1.807) is 0 Å². The van der Waals surface area contributed by atoms with Crippen molar-refractivity contribution in [3.05, 3.63) is 0 Å². The molecular formula is C18H35N. The van der Waals surface area contributed by atoms with E-state index in [-0.39, 0.29) is 0 Å². The van der Waals surface area contributed by atoms with E-state index in [0.29, 0.717) is 0 Å². The first-order valence-corrected chi connectivity index (χ1v) is 9.21. The molecule has 3 saturated carbocycles. The Bertz CT molecular complexity index is 170. The molecule has 0 unspecified atom stereocenters. The Balaban J connectivity index is 0.000000186. The number of rotatable bonds is 2. The molecule has 1 nitrogen and oxygen atoms in total. The lowest BCUT2D eigenvalue weighted by molar-refractivity contribution is 0.291. The van der Waals surface area contributed by atoms with Crippen LogP contribution in [0, 0.1) is 0 Å². The van der Waals surface area contributed by atoms with Gasteiger partial charge < -0.3 is 5.32 Å². The van der Waals surface area contributed by atoms with E-state index in [1.807, 2.05) is 0 Å². The lowest BCUT2D eigenvalue weighted by Crippen LogP contribution is -2.40. The molecule has 1 heteroatoms. The highest BCUT2D eigenvalue weighted by Crippen LogP contribution is 2.22. The van der Waals surface area contributed by atoms with Crippen molar-refractivity contribution in [1.82, 2.24) is 5.32 Å². The first kappa shape index (κ1) is 15.4. The molecule has 3 fully saturated rings. The quantitative estimate of drug-likeness (QED) is 0.687. The van der Waals surface area contributed by atoms with Crippen LogP contribution < -0.4 is 5.32 Å². The summed E-state index contributed by atoms with van der Waals surface area (Å²) in [5.74, 6) is 0. The molecule has 0 aromatic carbocycles. The Morgan fingerprint density at radius 3 is 0.947 bits per heavy atom. The fourth-order valence-electron chi connectivity index (χ4n) is 3.93. The zero-order valence-corrected chi connectivity index (χ0v) is 13.0. The molecule has 0 bridgehead atoms. The molecule has 19 heavy (non-hydrogen) atoms. The summed E-state index contributed by atoms with van der Waals surface area (Å²) in [6, 6.07) is 1.74. The van der Waals surface area contributed by atoms with Gasteiger partial charge in [0.25, 0.3) is 0 Å². The molecule has 0 atom stereocenters. The summed E-state index contributed by atoms with van der Waals surface area (Å²) in [7, 11) is 0. The SMILES string of the molecule is C1CCC(NC2CCCCC2)CC1.C1CCCCC1. The Morgan fingerprint density at radius 2 is 0.632 bits per heavy atom. The minimum Gasteiger partial charge on any atom is -0.311 e. The average molecular weight is 265 g/mol. The number of hydrogen-bond acceptors (Lipinski definition) is 1. The predicted molar refractivity (Wildman–Crippen MR) is 84.6 cm³/mol. The summed E-state index contributed by atoms with van der Waals surface area (Å²) >= 11 is 0. The van der Waals surface area contributed by atoms with Gasteiger partial charge in [0.2, 0.25) is 0 Å². The van der Waals surface area contributed by atoms with Gasteiger partial charge in [0.05, 0.1) is 0 Å². The van der Waals surface area contributed by atoms with Crippen LogP contribution in [-0.4, -0.2) is 12.1 Å². The molecule has 3 aliphatic rings. The minimum absolute atomic E-state index is 0.872. The van der Waals surface area contributed by atoms with Gasteiger partial charge in [-0.3, -0.25) is 0 Å². The summed E-state index contributed by atoms with van der Waals surface area (Å²) in [5.41, 5.74) is 0. The zero-order chi connectivity index (χ0) is 13.2. The van der Waals surface area contributed by atoms with Crippen LogP contribution >= 0.6 is 0 Å². The maximum absolute atomic E-state index is 3.86. The van der Waals surface area contributed by atoms with Crippen molar-refractivity contribution in [1.29, 1.82) is 0 Å². The molecular weight excluding hydrogens is 230 g/mol. The van der Waals surface area contributed by atoms with E-state index in [2.05, 4.69) is 5.32 Å². The average Bonchev–Trinajstić information content (AvgIpc) is 2.52. The molecule has 3 aliphatic carbocycles. The molecule has 112 valence electrons. The van der Waals surface area contributed by atoms with Crippen LogP contribution in [-0.2, 0) is 0 Å². The van der Waals surface area contributed by atoms with Gasteiger partial charge in [-0.05, 0) is 25.7 Å². The van der Waals surface area contributed by atoms with E-state index in [1.165, 1.54) is 103 Å². The van der Waals surface area contributed by atoms with Crippen LogP contribution in [0.1, 0.15) is 103 Å². The Morgan fingerprint density at radius 1 is 0.368 bits per heavy atom. The fourth-order valence-corrected chi connectivity index (χ4v) is 3.93. The van der Waals surface area contributed by atoms with Crippen LogP contribution in [0.5, 0.6) is 0 Å². The van der Waals surface area contributed by atoms with Gasteiger partial charge in [0.1, 0.15) is 0 Å². The molecule has 3 rings (SSSR count). The van der Waals surface area contributed by atoms with Crippen LogP contribution in [0.3, 0.4) is 0 Å². The lowest BCUT2D eigenvalue weighted by atomic mass is 9.91. The third-order valence-electron chi connectivity index (χ3n) is 5.18. The Hall–Kier alpha value is -0.0400. The number of hydrogen-bond donors (Lipinski definition) is 1. The van der Waals surface area contributed by atoms with Crippen molar-refractivity contribution in [3.63, 3.8) is 0 Å². The van der Waals surface area contributed by atoms with Crippen molar-refractivity contribution < 1.29 is 0 Å². The van der Waals surface area contributed by atoms with E-state index >= 15 is 0 Å². The third-order valence-corrected chi connectivity index (χ3v) is 5.18. The van der Waals surface area contributed by atoms with Crippen LogP contribution in [0.15, 0.2) is 0 Å². The summed E-state index contributed by atoms with van der Waals surface area (Å²) in [6.07, 6.45) is 23.6. The van der Waals surface area contributed by atoms with Crippen LogP contribution in [0.2, 0.25) is 0 Å². The largest absolute Gasteiger partial charge is 0.311 e. The number of nitrogens with one attached hydrogen (secondary N) is 1. The van der Waals surface area contributed by atoms with Crippen molar-refractivity contribution in [3.8, 4) is 0 Å². The van der Waals surface area contributed by atoms with E-state index in [0.717, 1.165) is 12.1 Å². The molecule has 0 amide bonds. The summed E-state index contributed by atoms with van der Waals surface area (Å²) < 4.78 is 0. The Labute approximate surface area is 120 Å². The van der Waals surface area contributed by atoms with Gasteiger partial charge in [-0.15, -0.1) is 0 Å². The highest BCUT2D eigenvalue weighted by molar-refractivity contribution is 4.79. The standard InChI is InChI=1S/C12H23N.C6H12/c1-3-7-11(8-4-1)13-12-9-5-2-6-10-12;1-2-4-6-5-3-1/h11-13H,1-10H2;1-6H2. The summed E-state index contributed by atoms with van der Waals surface area (Å²) in [4.78, 5) is 0. The second kappa shape index (κ2) is 9.80. The summed E-state index contributed by atoms with van der Waals surface area (Å²) in [6.45, 7) is 0. The molecule has 0 radical (unpaired) electrons. The molecule has 0 spiro atoms. The van der Waals surface area contributed by atoms with Crippen molar-refractivity contribution in [2.45, 2.75) is 115 Å². The third kappa shape index (κ3) is 6.79. The summed E-state index contributed by atoms with van der Waals surface area (Å²) in [5, 5.41) is 3.86.